The van der Waals surface area contributed by atoms with Crippen LogP contribution in [0.3, 0.4) is 0 Å². The van der Waals surface area contributed by atoms with Gasteiger partial charge in [-0.15, -0.1) is 0 Å². The van der Waals surface area contributed by atoms with Crippen LogP contribution in [0.2, 0.25) is 0 Å². The number of carbonyl (C=O) groups is 2. The lowest BCUT2D eigenvalue weighted by molar-refractivity contribution is -0.127. The van der Waals surface area contributed by atoms with Crippen LogP contribution < -0.4 is 11.1 Å². The van der Waals surface area contributed by atoms with Gasteiger partial charge in [0.1, 0.15) is 6.04 Å². The van der Waals surface area contributed by atoms with Gasteiger partial charge in [-0.1, -0.05) is 62.9 Å². The van der Waals surface area contributed by atoms with Gasteiger partial charge in [0, 0.05) is 6.42 Å². The van der Waals surface area contributed by atoms with Crippen molar-refractivity contribution in [3.05, 3.63) is 35.9 Å². The van der Waals surface area contributed by atoms with Gasteiger partial charge < -0.3 is 11.1 Å². The van der Waals surface area contributed by atoms with Gasteiger partial charge in [0.25, 0.3) is 0 Å². The molecule has 116 valence electrons. The molecular formula is C17H26N2O2. The molecule has 1 atom stereocenters. The second-order valence-corrected chi connectivity index (χ2v) is 5.36. The summed E-state index contributed by atoms with van der Waals surface area (Å²) in [6, 6.07) is 9.29. The first-order chi connectivity index (χ1) is 10.1. The Bertz CT molecular complexity index is 432. The van der Waals surface area contributed by atoms with Crippen LogP contribution in [0.15, 0.2) is 30.3 Å². The maximum atomic E-state index is 11.9. The van der Waals surface area contributed by atoms with E-state index < -0.39 is 11.9 Å². The number of aryl methyl sites for hydroxylation is 1. The molecule has 0 unspecified atom stereocenters. The van der Waals surface area contributed by atoms with Crippen molar-refractivity contribution in [1.82, 2.24) is 5.32 Å². The smallest absolute Gasteiger partial charge is 0.239 e. The summed E-state index contributed by atoms with van der Waals surface area (Å²) in [5.41, 5.74) is 6.47. The van der Waals surface area contributed by atoms with E-state index in [9.17, 15) is 9.59 Å². The number of nitrogens with two attached hydrogens (primary N) is 1. The van der Waals surface area contributed by atoms with Crippen molar-refractivity contribution in [3.63, 3.8) is 0 Å². The number of unbranched alkanes of at least 4 members (excludes halogenated alkanes) is 3. The Kier molecular flexibility index (Phi) is 8.17. The average molecular weight is 290 g/mol. The Labute approximate surface area is 127 Å². The van der Waals surface area contributed by atoms with Crippen molar-refractivity contribution >= 4 is 11.8 Å². The summed E-state index contributed by atoms with van der Waals surface area (Å²) < 4.78 is 0. The Morgan fingerprint density at radius 3 is 2.48 bits per heavy atom. The highest BCUT2D eigenvalue weighted by molar-refractivity contribution is 5.86. The molecule has 0 fully saturated rings. The summed E-state index contributed by atoms with van der Waals surface area (Å²) in [4.78, 5) is 23.3. The normalized spacial score (nSPS) is 11.9. The average Bonchev–Trinajstić information content (AvgIpc) is 2.49. The zero-order valence-corrected chi connectivity index (χ0v) is 12.8. The molecule has 4 heteroatoms. The topological polar surface area (TPSA) is 72.2 Å². The highest BCUT2D eigenvalue weighted by Gasteiger charge is 2.17. The molecule has 3 N–H and O–H groups in total. The van der Waals surface area contributed by atoms with Crippen LogP contribution in [0, 0.1) is 0 Å². The minimum atomic E-state index is -0.537. The molecular weight excluding hydrogens is 264 g/mol. The standard InChI is InChI=1S/C17H26N2O2/c1-2-3-4-8-11-15(17(18)21)19-16(20)13-12-14-9-6-5-7-10-14/h5-7,9-10,15H,2-4,8,11-13H2,1H3,(H2,18,21)(H,19,20)/t15-/m0/s1. The van der Waals surface area contributed by atoms with E-state index in [4.69, 9.17) is 5.73 Å². The van der Waals surface area contributed by atoms with Gasteiger partial charge >= 0.3 is 0 Å². The lowest BCUT2D eigenvalue weighted by Crippen LogP contribution is -2.44. The third-order valence-electron chi connectivity index (χ3n) is 3.51. The van der Waals surface area contributed by atoms with E-state index in [0.717, 1.165) is 31.2 Å². The summed E-state index contributed by atoms with van der Waals surface area (Å²) in [6.45, 7) is 2.14. The van der Waals surface area contributed by atoms with Gasteiger partial charge in [-0.3, -0.25) is 9.59 Å². The minimum Gasteiger partial charge on any atom is -0.368 e. The van der Waals surface area contributed by atoms with Gasteiger partial charge in [-0.2, -0.15) is 0 Å². The third kappa shape index (κ3) is 7.49. The first-order valence-corrected chi connectivity index (χ1v) is 7.76. The number of primary amides is 1. The molecule has 0 heterocycles. The Morgan fingerprint density at radius 2 is 1.86 bits per heavy atom. The van der Waals surface area contributed by atoms with E-state index >= 15 is 0 Å². The maximum Gasteiger partial charge on any atom is 0.239 e. The number of benzene rings is 1. The third-order valence-corrected chi connectivity index (χ3v) is 3.51. The Morgan fingerprint density at radius 1 is 1.14 bits per heavy atom. The SMILES string of the molecule is CCCCCC[C@H](NC(=O)CCc1ccccc1)C(N)=O. The maximum absolute atomic E-state index is 11.9. The molecule has 2 amide bonds. The molecule has 1 aromatic carbocycles. The van der Waals surface area contributed by atoms with E-state index in [1.54, 1.807) is 0 Å². The molecule has 0 spiro atoms. The molecule has 0 aliphatic heterocycles. The molecule has 0 aliphatic carbocycles. The predicted molar refractivity (Wildman–Crippen MR) is 84.6 cm³/mol. The van der Waals surface area contributed by atoms with Gasteiger partial charge in [-0.05, 0) is 18.4 Å². The zero-order valence-electron chi connectivity index (χ0n) is 12.8. The molecule has 0 aliphatic rings. The number of hydrogen-bond donors (Lipinski definition) is 2. The lowest BCUT2D eigenvalue weighted by Gasteiger charge is -2.15. The summed E-state index contributed by atoms with van der Waals surface area (Å²) in [5, 5.41) is 2.75. The molecule has 0 aromatic heterocycles. The minimum absolute atomic E-state index is 0.113. The molecule has 1 rings (SSSR count). The predicted octanol–water partition coefficient (Wildman–Crippen LogP) is 2.56. The van der Waals surface area contributed by atoms with E-state index in [0.29, 0.717) is 19.3 Å². The molecule has 0 saturated carbocycles. The number of carbonyl (C=O) groups excluding carboxylic acids is 2. The van der Waals surface area contributed by atoms with Crippen LogP contribution in [0.5, 0.6) is 0 Å². The quantitative estimate of drug-likeness (QED) is 0.650. The highest BCUT2D eigenvalue weighted by Crippen LogP contribution is 2.07. The fraction of sp³-hybridized carbons (Fsp3) is 0.529. The first kappa shape index (κ1) is 17.2. The van der Waals surface area contributed by atoms with E-state index in [1.165, 1.54) is 0 Å². The van der Waals surface area contributed by atoms with E-state index in [2.05, 4.69) is 12.2 Å². The van der Waals surface area contributed by atoms with Gasteiger partial charge in [0.15, 0.2) is 0 Å². The van der Waals surface area contributed by atoms with Gasteiger partial charge in [0.2, 0.25) is 11.8 Å². The summed E-state index contributed by atoms with van der Waals surface area (Å²) >= 11 is 0. The second kappa shape index (κ2) is 9.97. The van der Waals surface area contributed by atoms with Crippen LogP contribution >= 0.6 is 0 Å². The zero-order chi connectivity index (χ0) is 15.5. The Balaban J connectivity index is 2.33. The highest BCUT2D eigenvalue weighted by atomic mass is 16.2. The Hall–Kier alpha value is -1.84. The van der Waals surface area contributed by atoms with Crippen LogP contribution in [0.4, 0.5) is 0 Å². The number of amides is 2. The molecule has 4 nitrogen and oxygen atoms in total. The summed E-state index contributed by atoms with van der Waals surface area (Å²) in [6.07, 6.45) is 5.96. The van der Waals surface area contributed by atoms with Crippen molar-refractivity contribution in [2.45, 2.75) is 57.9 Å². The molecule has 0 bridgehead atoms. The van der Waals surface area contributed by atoms with Crippen LogP contribution in [-0.2, 0) is 16.0 Å². The molecule has 1 aromatic rings. The summed E-state index contributed by atoms with van der Waals surface area (Å²) in [5.74, 6) is -0.558. The van der Waals surface area contributed by atoms with Crippen molar-refractivity contribution in [3.8, 4) is 0 Å². The second-order valence-electron chi connectivity index (χ2n) is 5.36. The van der Waals surface area contributed by atoms with Gasteiger partial charge in [0.05, 0.1) is 0 Å². The van der Waals surface area contributed by atoms with Crippen molar-refractivity contribution in [2.75, 3.05) is 0 Å². The van der Waals surface area contributed by atoms with Gasteiger partial charge in [-0.25, -0.2) is 0 Å². The van der Waals surface area contributed by atoms with E-state index in [1.807, 2.05) is 30.3 Å². The fourth-order valence-corrected chi connectivity index (χ4v) is 2.23. The van der Waals surface area contributed by atoms with Crippen LogP contribution in [0.1, 0.15) is 51.0 Å². The molecule has 0 saturated heterocycles. The van der Waals surface area contributed by atoms with Crippen molar-refractivity contribution in [2.24, 2.45) is 5.73 Å². The summed E-state index contributed by atoms with van der Waals surface area (Å²) in [7, 11) is 0. The number of rotatable bonds is 10. The molecule has 21 heavy (non-hydrogen) atoms. The fourth-order valence-electron chi connectivity index (χ4n) is 2.23. The van der Waals surface area contributed by atoms with Crippen LogP contribution in [-0.4, -0.2) is 17.9 Å². The number of hydrogen-bond acceptors (Lipinski definition) is 2. The monoisotopic (exact) mass is 290 g/mol. The van der Waals surface area contributed by atoms with E-state index in [-0.39, 0.29) is 5.91 Å². The number of nitrogens with one attached hydrogen (secondary N) is 1. The first-order valence-electron chi connectivity index (χ1n) is 7.76. The lowest BCUT2D eigenvalue weighted by atomic mass is 10.1. The molecule has 0 radical (unpaired) electrons. The largest absolute Gasteiger partial charge is 0.368 e. The van der Waals surface area contributed by atoms with Crippen molar-refractivity contribution < 1.29 is 9.59 Å². The van der Waals surface area contributed by atoms with Crippen molar-refractivity contribution in [1.29, 1.82) is 0 Å². The van der Waals surface area contributed by atoms with Crippen LogP contribution in [0.25, 0.3) is 0 Å².